The van der Waals surface area contributed by atoms with Gasteiger partial charge in [-0.25, -0.2) is 4.39 Å². The fourth-order valence-electron chi connectivity index (χ4n) is 0.789. The zero-order valence-electron chi connectivity index (χ0n) is 5.97. The first-order valence-electron chi connectivity index (χ1n) is 3.06. The Morgan fingerprint density at radius 3 is 2.58 bits per heavy atom. The van der Waals surface area contributed by atoms with Crippen molar-refractivity contribution in [1.82, 2.24) is 0 Å². The molecule has 0 unspecified atom stereocenters. The average Bonchev–Trinajstić information content (AvgIpc) is 1.96. The van der Waals surface area contributed by atoms with Gasteiger partial charge in [-0.1, -0.05) is 11.6 Å². The van der Waals surface area contributed by atoms with E-state index in [0.29, 0.717) is 0 Å². The van der Waals surface area contributed by atoms with Gasteiger partial charge in [-0.2, -0.15) is 0 Å². The summed E-state index contributed by atoms with van der Waals surface area (Å²) in [6, 6.07) is 2.25. The molecule has 0 aliphatic carbocycles. The Kier molecular flexibility index (Phi) is 2.19. The second-order valence-electron chi connectivity index (χ2n) is 2.23. The van der Waals surface area contributed by atoms with Gasteiger partial charge in [-0.15, -0.1) is 0 Å². The molecule has 0 aromatic heterocycles. The Morgan fingerprint density at radius 1 is 1.50 bits per heavy atom. The molecule has 4 N–H and O–H groups in total. The summed E-state index contributed by atoms with van der Waals surface area (Å²) in [5.74, 6) is -1.54. The Hall–Kier alpha value is -1.29. The molecular weight excluding hydrogens is 183 g/mol. The summed E-state index contributed by atoms with van der Waals surface area (Å²) in [6.07, 6.45) is 0. The van der Waals surface area contributed by atoms with Gasteiger partial charge in [0.15, 0.2) is 0 Å². The van der Waals surface area contributed by atoms with Crippen LogP contribution in [0.2, 0.25) is 5.02 Å². The fourth-order valence-corrected chi connectivity index (χ4v) is 0.992. The smallest absolute Gasteiger partial charge is 0.250 e. The van der Waals surface area contributed by atoms with E-state index in [9.17, 15) is 9.18 Å². The van der Waals surface area contributed by atoms with Gasteiger partial charge in [-0.05, 0) is 12.1 Å². The van der Waals surface area contributed by atoms with Crippen molar-refractivity contribution < 1.29 is 9.18 Å². The summed E-state index contributed by atoms with van der Waals surface area (Å²) in [4.78, 5) is 10.6. The average molecular weight is 189 g/mol. The number of carbonyl (C=O) groups excluding carboxylic acids is 1. The molecule has 0 saturated heterocycles. The molecule has 0 bridgehead atoms. The molecule has 1 rings (SSSR count). The highest BCUT2D eigenvalue weighted by Crippen LogP contribution is 2.22. The zero-order chi connectivity index (χ0) is 9.30. The molecule has 0 saturated carbocycles. The van der Waals surface area contributed by atoms with Crippen LogP contribution < -0.4 is 11.5 Å². The molecule has 0 atom stereocenters. The van der Waals surface area contributed by atoms with E-state index in [1.54, 1.807) is 0 Å². The molecule has 0 aliphatic heterocycles. The van der Waals surface area contributed by atoms with E-state index < -0.39 is 11.7 Å². The summed E-state index contributed by atoms with van der Waals surface area (Å²) in [5, 5.41) is -0.295. The van der Waals surface area contributed by atoms with Crippen molar-refractivity contribution in [2.45, 2.75) is 0 Å². The standard InChI is InChI=1S/C7H6ClFN2O/c8-6-4(7(11)12)1-3(10)2-5(6)9/h1-2H,10H2,(H2,11,12). The van der Waals surface area contributed by atoms with Crippen LogP contribution in [0.15, 0.2) is 12.1 Å². The topological polar surface area (TPSA) is 69.1 Å². The number of hydrogen-bond acceptors (Lipinski definition) is 2. The maximum atomic E-state index is 12.8. The van der Waals surface area contributed by atoms with Gasteiger partial charge in [0, 0.05) is 5.69 Å². The van der Waals surface area contributed by atoms with Gasteiger partial charge in [0.25, 0.3) is 0 Å². The first kappa shape index (κ1) is 8.80. The third-order valence-corrected chi connectivity index (χ3v) is 1.70. The summed E-state index contributed by atoms with van der Waals surface area (Å²) in [7, 11) is 0. The summed E-state index contributed by atoms with van der Waals surface area (Å²) < 4.78 is 12.8. The second-order valence-corrected chi connectivity index (χ2v) is 2.61. The van der Waals surface area contributed by atoms with E-state index >= 15 is 0 Å². The lowest BCUT2D eigenvalue weighted by molar-refractivity contribution is 0.1000. The predicted molar refractivity (Wildman–Crippen MR) is 44.3 cm³/mol. The molecule has 0 radical (unpaired) electrons. The number of primary amides is 1. The number of nitrogens with two attached hydrogens (primary N) is 2. The van der Waals surface area contributed by atoms with E-state index in [1.165, 1.54) is 6.07 Å². The van der Waals surface area contributed by atoms with Gasteiger partial charge in [-0.3, -0.25) is 4.79 Å². The molecule has 0 aliphatic rings. The van der Waals surface area contributed by atoms with Crippen LogP contribution in [-0.4, -0.2) is 5.91 Å². The van der Waals surface area contributed by atoms with Crippen LogP contribution in [0, 0.1) is 5.82 Å². The molecule has 3 nitrogen and oxygen atoms in total. The molecule has 0 spiro atoms. The molecule has 1 amide bonds. The summed E-state index contributed by atoms with van der Waals surface area (Å²) >= 11 is 5.43. The predicted octanol–water partition coefficient (Wildman–Crippen LogP) is 1.16. The Bertz CT molecular complexity index is 340. The highest BCUT2D eigenvalue weighted by Gasteiger charge is 2.11. The van der Waals surface area contributed by atoms with Crippen LogP contribution >= 0.6 is 11.6 Å². The Balaban J connectivity index is 3.37. The number of amides is 1. The van der Waals surface area contributed by atoms with Crippen molar-refractivity contribution in [2.75, 3.05) is 5.73 Å². The lowest BCUT2D eigenvalue weighted by Gasteiger charge is -2.01. The van der Waals surface area contributed by atoms with Crippen LogP contribution in [0.25, 0.3) is 0 Å². The van der Waals surface area contributed by atoms with Gasteiger partial charge in [0.05, 0.1) is 10.6 Å². The highest BCUT2D eigenvalue weighted by molar-refractivity contribution is 6.34. The Labute approximate surface area is 73.1 Å². The van der Waals surface area contributed by atoms with Gasteiger partial charge in [0.1, 0.15) is 5.82 Å². The largest absolute Gasteiger partial charge is 0.399 e. The number of nitrogen functional groups attached to an aromatic ring is 1. The van der Waals surface area contributed by atoms with Crippen LogP contribution in [0.1, 0.15) is 10.4 Å². The number of halogens is 2. The van der Waals surface area contributed by atoms with Crippen molar-refractivity contribution in [3.8, 4) is 0 Å². The molecule has 64 valence electrons. The van der Waals surface area contributed by atoms with Crippen LogP contribution in [0.4, 0.5) is 10.1 Å². The molecule has 5 heteroatoms. The van der Waals surface area contributed by atoms with E-state index in [0.717, 1.165) is 6.07 Å². The van der Waals surface area contributed by atoms with E-state index in [2.05, 4.69) is 0 Å². The first-order chi connectivity index (χ1) is 5.52. The minimum absolute atomic E-state index is 0.103. The third-order valence-electron chi connectivity index (χ3n) is 1.32. The summed E-state index contributed by atoms with van der Waals surface area (Å²) in [5.41, 5.74) is 10.2. The van der Waals surface area contributed by atoms with Crippen LogP contribution in [-0.2, 0) is 0 Å². The monoisotopic (exact) mass is 188 g/mol. The lowest BCUT2D eigenvalue weighted by atomic mass is 10.2. The first-order valence-corrected chi connectivity index (χ1v) is 3.44. The van der Waals surface area contributed by atoms with Crippen molar-refractivity contribution in [2.24, 2.45) is 5.73 Å². The Morgan fingerprint density at radius 2 is 2.08 bits per heavy atom. The number of hydrogen-bond donors (Lipinski definition) is 2. The maximum Gasteiger partial charge on any atom is 0.250 e. The molecule has 1 aromatic carbocycles. The van der Waals surface area contributed by atoms with Gasteiger partial charge >= 0.3 is 0 Å². The van der Waals surface area contributed by atoms with Crippen LogP contribution in [0.3, 0.4) is 0 Å². The third kappa shape index (κ3) is 1.48. The van der Waals surface area contributed by atoms with Gasteiger partial charge < -0.3 is 11.5 Å². The van der Waals surface area contributed by atoms with Crippen molar-refractivity contribution in [3.05, 3.63) is 28.5 Å². The van der Waals surface area contributed by atoms with Crippen molar-refractivity contribution in [3.63, 3.8) is 0 Å². The lowest BCUT2D eigenvalue weighted by Crippen LogP contribution is -2.12. The number of anilines is 1. The number of rotatable bonds is 1. The quantitative estimate of drug-likeness (QED) is 0.650. The minimum Gasteiger partial charge on any atom is -0.399 e. The van der Waals surface area contributed by atoms with E-state index in [1.807, 2.05) is 0 Å². The molecule has 0 heterocycles. The fraction of sp³-hybridized carbons (Fsp3) is 0. The minimum atomic E-state index is -0.800. The van der Waals surface area contributed by atoms with Gasteiger partial charge in [0.2, 0.25) is 5.91 Å². The number of carbonyl (C=O) groups is 1. The molecular formula is C7H6ClFN2O. The molecule has 12 heavy (non-hydrogen) atoms. The second kappa shape index (κ2) is 2.98. The molecule has 0 fully saturated rings. The van der Waals surface area contributed by atoms with E-state index in [4.69, 9.17) is 23.1 Å². The highest BCUT2D eigenvalue weighted by atomic mass is 35.5. The zero-order valence-corrected chi connectivity index (χ0v) is 6.73. The SMILES string of the molecule is NC(=O)c1cc(N)cc(F)c1Cl. The number of benzene rings is 1. The normalized spacial score (nSPS) is 9.83. The van der Waals surface area contributed by atoms with Crippen molar-refractivity contribution in [1.29, 1.82) is 0 Å². The van der Waals surface area contributed by atoms with Crippen LogP contribution in [0.5, 0.6) is 0 Å². The van der Waals surface area contributed by atoms with E-state index in [-0.39, 0.29) is 16.3 Å². The summed E-state index contributed by atoms with van der Waals surface area (Å²) in [6.45, 7) is 0. The molecule has 1 aromatic rings. The maximum absolute atomic E-state index is 12.8. The van der Waals surface area contributed by atoms with Crippen molar-refractivity contribution >= 4 is 23.2 Å².